The molecule has 0 radical (unpaired) electrons. The number of pyridine rings is 2. The molecule has 0 atom stereocenters. The first-order chi connectivity index (χ1) is 6.68. The van der Waals surface area contributed by atoms with Crippen molar-refractivity contribution in [2.45, 2.75) is 19.8 Å². The normalized spacial score (nSPS) is 11.1. The average molecular weight is 188 g/mol. The Morgan fingerprint density at radius 3 is 2.79 bits per heavy atom. The number of aromatic nitrogens is 2. The van der Waals surface area contributed by atoms with Crippen LogP contribution in [0.15, 0.2) is 29.2 Å². The van der Waals surface area contributed by atoms with Gasteiger partial charge in [0.1, 0.15) is 0 Å². The van der Waals surface area contributed by atoms with Crippen LogP contribution in [0.4, 0.5) is 0 Å². The molecule has 3 heteroatoms. The second-order valence-corrected chi connectivity index (χ2v) is 3.63. The summed E-state index contributed by atoms with van der Waals surface area (Å²) in [6, 6.07) is 5.56. The lowest BCUT2D eigenvalue weighted by Gasteiger charge is -2.04. The van der Waals surface area contributed by atoms with E-state index in [1.807, 2.05) is 18.2 Å². The molecule has 14 heavy (non-hydrogen) atoms. The van der Waals surface area contributed by atoms with Gasteiger partial charge in [-0.2, -0.15) is 0 Å². The molecule has 0 aliphatic rings. The molecule has 0 spiro atoms. The summed E-state index contributed by atoms with van der Waals surface area (Å²) in [6.07, 6.45) is 1.63. The first kappa shape index (κ1) is 8.94. The Hall–Kier alpha value is -1.64. The van der Waals surface area contributed by atoms with Gasteiger partial charge in [-0.05, 0) is 24.1 Å². The van der Waals surface area contributed by atoms with Crippen LogP contribution in [0, 0.1) is 0 Å². The average Bonchev–Trinajstić information content (AvgIpc) is 2.17. The molecule has 0 fully saturated rings. The fourth-order valence-corrected chi connectivity index (χ4v) is 1.41. The Balaban J connectivity index is 2.74. The zero-order valence-corrected chi connectivity index (χ0v) is 8.24. The highest BCUT2D eigenvalue weighted by Gasteiger charge is 2.03. The number of hydrogen-bond donors (Lipinski definition) is 1. The topological polar surface area (TPSA) is 45.8 Å². The highest BCUT2D eigenvalue weighted by atomic mass is 16.1. The second-order valence-electron chi connectivity index (χ2n) is 3.63. The summed E-state index contributed by atoms with van der Waals surface area (Å²) >= 11 is 0. The third-order valence-corrected chi connectivity index (χ3v) is 2.24. The van der Waals surface area contributed by atoms with Gasteiger partial charge in [0.2, 0.25) is 0 Å². The van der Waals surface area contributed by atoms with Gasteiger partial charge in [0, 0.05) is 11.9 Å². The van der Waals surface area contributed by atoms with Crippen LogP contribution in [0.5, 0.6) is 0 Å². The molecule has 0 amide bonds. The zero-order valence-electron chi connectivity index (χ0n) is 8.24. The smallest absolute Gasteiger partial charge is 0.257 e. The van der Waals surface area contributed by atoms with Crippen molar-refractivity contribution in [2.75, 3.05) is 0 Å². The maximum absolute atomic E-state index is 11.4. The van der Waals surface area contributed by atoms with Crippen LogP contribution in [-0.4, -0.2) is 9.97 Å². The van der Waals surface area contributed by atoms with E-state index in [2.05, 4.69) is 23.8 Å². The molecule has 0 saturated carbocycles. The van der Waals surface area contributed by atoms with Crippen molar-refractivity contribution in [3.63, 3.8) is 0 Å². The largest absolute Gasteiger partial charge is 0.328 e. The van der Waals surface area contributed by atoms with Gasteiger partial charge in [0.15, 0.2) is 0 Å². The fourth-order valence-electron chi connectivity index (χ4n) is 1.41. The standard InChI is InChI=1S/C11H12N2O/c1-7(2)9-4-3-8-10(13-9)5-6-12-11(8)14/h3-7H,1-2H3,(H,12,14). The molecule has 72 valence electrons. The summed E-state index contributed by atoms with van der Waals surface area (Å²) in [5, 5.41) is 0.650. The van der Waals surface area contributed by atoms with E-state index in [1.165, 1.54) is 0 Å². The van der Waals surface area contributed by atoms with Crippen molar-refractivity contribution in [1.82, 2.24) is 9.97 Å². The molecule has 0 saturated heterocycles. The van der Waals surface area contributed by atoms with Gasteiger partial charge in [-0.15, -0.1) is 0 Å². The Bertz CT molecular complexity index is 514. The Morgan fingerprint density at radius 2 is 2.07 bits per heavy atom. The van der Waals surface area contributed by atoms with Gasteiger partial charge in [-0.25, -0.2) is 0 Å². The molecule has 0 unspecified atom stereocenters. The molecule has 2 heterocycles. The molecule has 0 aliphatic carbocycles. The summed E-state index contributed by atoms with van der Waals surface area (Å²) in [6.45, 7) is 4.17. The summed E-state index contributed by atoms with van der Waals surface area (Å²) in [5.41, 5.74) is 1.70. The van der Waals surface area contributed by atoms with Crippen molar-refractivity contribution in [1.29, 1.82) is 0 Å². The number of nitrogens with one attached hydrogen (secondary N) is 1. The van der Waals surface area contributed by atoms with Crippen molar-refractivity contribution in [3.8, 4) is 0 Å². The number of nitrogens with zero attached hydrogens (tertiary/aromatic N) is 1. The van der Waals surface area contributed by atoms with Crippen LogP contribution < -0.4 is 5.56 Å². The number of fused-ring (bicyclic) bond motifs is 1. The SMILES string of the molecule is CC(C)c1ccc2c(=O)[nH]ccc2n1. The zero-order chi connectivity index (χ0) is 10.1. The van der Waals surface area contributed by atoms with E-state index in [0.29, 0.717) is 11.3 Å². The summed E-state index contributed by atoms with van der Waals surface area (Å²) in [7, 11) is 0. The third kappa shape index (κ3) is 1.41. The van der Waals surface area contributed by atoms with Crippen molar-refractivity contribution >= 4 is 10.9 Å². The molecule has 2 aromatic heterocycles. The van der Waals surface area contributed by atoms with Gasteiger partial charge < -0.3 is 4.98 Å². The monoisotopic (exact) mass is 188 g/mol. The molecule has 3 nitrogen and oxygen atoms in total. The molecule has 0 bridgehead atoms. The number of hydrogen-bond acceptors (Lipinski definition) is 2. The molecular weight excluding hydrogens is 176 g/mol. The van der Waals surface area contributed by atoms with Gasteiger partial charge in [-0.3, -0.25) is 9.78 Å². The van der Waals surface area contributed by atoms with Crippen LogP contribution in [0.1, 0.15) is 25.5 Å². The predicted octanol–water partition coefficient (Wildman–Crippen LogP) is 2.05. The van der Waals surface area contributed by atoms with Gasteiger partial charge in [0.25, 0.3) is 5.56 Å². The van der Waals surface area contributed by atoms with E-state index in [9.17, 15) is 4.79 Å². The highest BCUT2D eigenvalue weighted by molar-refractivity contribution is 5.77. The summed E-state index contributed by atoms with van der Waals surface area (Å²) in [5.74, 6) is 0.388. The minimum Gasteiger partial charge on any atom is -0.328 e. The van der Waals surface area contributed by atoms with Crippen molar-refractivity contribution < 1.29 is 0 Å². The lowest BCUT2D eigenvalue weighted by Crippen LogP contribution is -2.06. The maximum atomic E-state index is 11.4. The Kier molecular flexibility index (Phi) is 2.08. The molecular formula is C11H12N2O. The maximum Gasteiger partial charge on any atom is 0.257 e. The van der Waals surface area contributed by atoms with Gasteiger partial charge in [0.05, 0.1) is 10.9 Å². The minimum atomic E-state index is -0.0784. The van der Waals surface area contributed by atoms with E-state index < -0.39 is 0 Å². The van der Waals surface area contributed by atoms with Crippen LogP contribution in [0.25, 0.3) is 10.9 Å². The third-order valence-electron chi connectivity index (χ3n) is 2.24. The van der Waals surface area contributed by atoms with E-state index in [4.69, 9.17) is 0 Å². The quantitative estimate of drug-likeness (QED) is 0.744. The lowest BCUT2D eigenvalue weighted by atomic mass is 10.1. The molecule has 1 N–H and O–H groups in total. The summed E-state index contributed by atoms with van der Waals surface area (Å²) in [4.78, 5) is 18.4. The minimum absolute atomic E-state index is 0.0784. The number of aromatic amines is 1. The van der Waals surface area contributed by atoms with E-state index in [0.717, 1.165) is 11.2 Å². The van der Waals surface area contributed by atoms with Gasteiger partial charge in [-0.1, -0.05) is 13.8 Å². The highest BCUT2D eigenvalue weighted by Crippen LogP contribution is 2.14. The fraction of sp³-hybridized carbons (Fsp3) is 0.273. The first-order valence-corrected chi connectivity index (χ1v) is 4.67. The summed E-state index contributed by atoms with van der Waals surface area (Å²) < 4.78 is 0. The molecule has 0 aliphatic heterocycles. The molecule has 2 aromatic rings. The van der Waals surface area contributed by atoms with Crippen molar-refractivity contribution in [3.05, 3.63) is 40.4 Å². The number of rotatable bonds is 1. The predicted molar refractivity (Wildman–Crippen MR) is 56.5 cm³/mol. The number of H-pyrrole nitrogens is 1. The van der Waals surface area contributed by atoms with E-state index in [-0.39, 0.29) is 5.56 Å². The van der Waals surface area contributed by atoms with Crippen molar-refractivity contribution in [2.24, 2.45) is 0 Å². The molecule has 2 rings (SSSR count). The Labute approximate surface area is 81.8 Å². The van der Waals surface area contributed by atoms with E-state index in [1.54, 1.807) is 6.20 Å². The van der Waals surface area contributed by atoms with Crippen LogP contribution in [-0.2, 0) is 0 Å². The second kappa shape index (κ2) is 3.25. The van der Waals surface area contributed by atoms with Crippen LogP contribution in [0.2, 0.25) is 0 Å². The van der Waals surface area contributed by atoms with Gasteiger partial charge >= 0.3 is 0 Å². The lowest BCUT2D eigenvalue weighted by molar-refractivity contribution is 0.829. The van der Waals surface area contributed by atoms with Crippen LogP contribution >= 0.6 is 0 Å². The van der Waals surface area contributed by atoms with E-state index >= 15 is 0 Å². The van der Waals surface area contributed by atoms with Crippen LogP contribution in [0.3, 0.4) is 0 Å². The first-order valence-electron chi connectivity index (χ1n) is 4.67. The molecule has 0 aromatic carbocycles. The Morgan fingerprint density at radius 1 is 1.29 bits per heavy atom.